The summed E-state index contributed by atoms with van der Waals surface area (Å²) in [4.78, 5) is 25.0. The molecule has 1 heterocycles. The number of aliphatic carboxylic acids is 1. The van der Waals surface area contributed by atoms with Crippen molar-refractivity contribution in [2.75, 3.05) is 12.0 Å². The van der Waals surface area contributed by atoms with E-state index in [1.165, 1.54) is 36.0 Å². The van der Waals surface area contributed by atoms with Crippen LogP contribution in [0.2, 0.25) is 0 Å². The van der Waals surface area contributed by atoms with Crippen molar-refractivity contribution in [3.05, 3.63) is 107 Å². The van der Waals surface area contributed by atoms with Gasteiger partial charge >= 0.3 is 31.0 Å². The van der Waals surface area contributed by atoms with Crippen molar-refractivity contribution in [3.63, 3.8) is 0 Å². The zero-order valence-electron chi connectivity index (χ0n) is 25.0. The van der Waals surface area contributed by atoms with E-state index in [9.17, 15) is 27.9 Å². The fourth-order valence-electron chi connectivity index (χ4n) is 4.52. The molecular weight excluding hydrogens is 574 g/mol. The van der Waals surface area contributed by atoms with E-state index in [4.69, 9.17) is 9.15 Å². The van der Waals surface area contributed by atoms with Gasteiger partial charge in [0, 0.05) is 11.1 Å². The molecule has 1 unspecified atom stereocenters. The van der Waals surface area contributed by atoms with Crippen LogP contribution in [0.4, 0.5) is 13.2 Å². The normalized spacial score (nSPS) is 11.9. The average Bonchev–Trinajstić information content (AvgIpc) is 3.43. The van der Waals surface area contributed by atoms with Gasteiger partial charge in [-0.3, -0.25) is 4.79 Å². The SMILES string of the molecule is CSCCC(NC(=O)c1ccc(COCc2ccc(-c3ccccc3C(F)(F)F)o2)cc1-c1ccccc1C)C(=O)O.[H-].[Li+]. The predicted octanol–water partition coefficient (Wildman–Crippen LogP) is 4.71. The zero-order valence-corrected chi connectivity index (χ0v) is 24.9. The maximum absolute atomic E-state index is 13.4. The molecular formula is C32H31F3LiNO5S. The molecule has 0 fully saturated rings. The Morgan fingerprint density at radius 1 is 0.977 bits per heavy atom. The van der Waals surface area contributed by atoms with Gasteiger partial charge in [-0.15, -0.1) is 0 Å². The van der Waals surface area contributed by atoms with E-state index in [-0.39, 0.29) is 44.8 Å². The number of furan rings is 1. The number of benzene rings is 3. The first-order valence-electron chi connectivity index (χ1n) is 13.1. The molecule has 0 radical (unpaired) electrons. The van der Waals surface area contributed by atoms with Crippen LogP contribution < -0.4 is 24.2 Å². The summed E-state index contributed by atoms with van der Waals surface area (Å²) in [5.41, 5.74) is 2.64. The quantitative estimate of drug-likeness (QED) is 0.228. The molecule has 222 valence electrons. The third-order valence-corrected chi connectivity index (χ3v) is 7.29. The van der Waals surface area contributed by atoms with Crippen LogP contribution in [0.15, 0.2) is 83.3 Å². The maximum atomic E-state index is 13.4. The van der Waals surface area contributed by atoms with Crippen LogP contribution in [0.1, 0.15) is 40.7 Å². The minimum absolute atomic E-state index is 0. The molecule has 0 aliphatic heterocycles. The summed E-state index contributed by atoms with van der Waals surface area (Å²) in [7, 11) is 0. The van der Waals surface area contributed by atoms with Gasteiger partial charge in [-0.25, -0.2) is 4.79 Å². The van der Waals surface area contributed by atoms with E-state index < -0.39 is 29.7 Å². The van der Waals surface area contributed by atoms with E-state index in [0.717, 1.165) is 22.8 Å². The van der Waals surface area contributed by atoms with Crippen molar-refractivity contribution < 1.29 is 57.3 Å². The second-order valence-corrected chi connectivity index (χ2v) is 10.6. The Morgan fingerprint density at radius 3 is 2.35 bits per heavy atom. The average molecular weight is 606 g/mol. The standard InChI is InChI=1S/C32H30F3NO5S.Li.H/c1-20-7-3-4-8-23(20)26-17-21(11-13-24(26)30(37)36-28(31(38)39)15-16-42-2)18-40-19-22-12-14-29(41-22)25-9-5-6-10-27(25)32(33,34)35;;/h3-14,17,28H,15-16,18-19H2,1-2H3,(H,36,37)(H,38,39);;/q;+1;-1. The first kappa shape index (κ1) is 34.1. The number of rotatable bonds is 12. The fourth-order valence-corrected chi connectivity index (χ4v) is 4.99. The Bertz CT molecular complexity index is 1560. The molecule has 2 N–H and O–H groups in total. The fraction of sp³-hybridized carbons (Fsp3) is 0.250. The summed E-state index contributed by atoms with van der Waals surface area (Å²) in [6.45, 7) is 2.08. The van der Waals surface area contributed by atoms with Gasteiger partial charge in [0.05, 0.1) is 12.2 Å². The number of amides is 1. The molecule has 4 rings (SSSR count). The molecule has 11 heteroatoms. The Morgan fingerprint density at radius 2 is 1.67 bits per heavy atom. The summed E-state index contributed by atoms with van der Waals surface area (Å²) in [5.74, 6) is -0.540. The van der Waals surface area contributed by atoms with Gasteiger partial charge in [0.25, 0.3) is 5.91 Å². The van der Waals surface area contributed by atoms with Gasteiger partial charge in [0.2, 0.25) is 0 Å². The summed E-state index contributed by atoms with van der Waals surface area (Å²) in [5, 5.41) is 12.2. The smallest absolute Gasteiger partial charge is 1.00 e. The third kappa shape index (κ3) is 8.80. The van der Waals surface area contributed by atoms with E-state index in [2.05, 4.69) is 5.32 Å². The summed E-state index contributed by atoms with van der Waals surface area (Å²) < 4.78 is 51.7. The molecule has 4 aromatic rings. The Kier molecular flexibility index (Phi) is 12.2. The maximum Gasteiger partial charge on any atom is 1.00 e. The molecule has 0 saturated heterocycles. The molecule has 1 amide bonds. The summed E-state index contributed by atoms with van der Waals surface area (Å²) >= 11 is 1.50. The number of carboxylic acids is 1. The number of hydrogen-bond acceptors (Lipinski definition) is 5. The largest absolute Gasteiger partial charge is 1.00 e. The molecule has 43 heavy (non-hydrogen) atoms. The molecule has 0 aliphatic rings. The van der Waals surface area contributed by atoms with Crippen molar-refractivity contribution in [3.8, 4) is 22.5 Å². The minimum atomic E-state index is -4.51. The number of hydrogen-bond donors (Lipinski definition) is 2. The number of halogens is 3. The van der Waals surface area contributed by atoms with Crippen molar-refractivity contribution in [2.45, 2.75) is 38.8 Å². The molecule has 6 nitrogen and oxygen atoms in total. The second kappa shape index (κ2) is 15.3. The van der Waals surface area contributed by atoms with Gasteiger partial charge in [-0.1, -0.05) is 48.5 Å². The van der Waals surface area contributed by atoms with Gasteiger partial charge in [0.15, 0.2) is 0 Å². The molecule has 1 aromatic heterocycles. The van der Waals surface area contributed by atoms with Crippen molar-refractivity contribution in [1.82, 2.24) is 5.32 Å². The van der Waals surface area contributed by atoms with Crippen molar-refractivity contribution in [1.29, 1.82) is 0 Å². The molecule has 0 saturated carbocycles. The van der Waals surface area contributed by atoms with E-state index in [0.29, 0.717) is 29.1 Å². The number of alkyl halides is 3. The molecule has 3 aromatic carbocycles. The summed E-state index contributed by atoms with van der Waals surface area (Å²) in [6.07, 6.45) is -2.35. The van der Waals surface area contributed by atoms with Gasteiger partial charge < -0.3 is 21.0 Å². The Balaban J connectivity index is 0.00000337. The number of carbonyl (C=O) groups excluding carboxylic acids is 1. The first-order chi connectivity index (χ1) is 20.1. The number of carbonyl (C=O) groups is 2. The Labute approximate surface area is 265 Å². The summed E-state index contributed by atoms with van der Waals surface area (Å²) in [6, 6.07) is 20.0. The number of aryl methyl sites for hydroxylation is 1. The van der Waals surface area contributed by atoms with Crippen LogP contribution >= 0.6 is 11.8 Å². The second-order valence-electron chi connectivity index (χ2n) is 9.64. The van der Waals surface area contributed by atoms with Crippen LogP contribution in [-0.4, -0.2) is 35.0 Å². The first-order valence-corrected chi connectivity index (χ1v) is 14.5. The van der Waals surface area contributed by atoms with Gasteiger partial charge in [0.1, 0.15) is 24.2 Å². The monoisotopic (exact) mass is 605 g/mol. The van der Waals surface area contributed by atoms with Gasteiger partial charge in [-0.2, -0.15) is 24.9 Å². The van der Waals surface area contributed by atoms with E-state index >= 15 is 0 Å². The van der Waals surface area contributed by atoms with Crippen LogP contribution in [-0.2, 0) is 28.9 Å². The van der Waals surface area contributed by atoms with E-state index in [1.807, 2.05) is 43.5 Å². The van der Waals surface area contributed by atoms with Crippen LogP contribution in [0.25, 0.3) is 22.5 Å². The van der Waals surface area contributed by atoms with Crippen molar-refractivity contribution >= 4 is 23.6 Å². The van der Waals surface area contributed by atoms with E-state index in [1.54, 1.807) is 18.2 Å². The molecule has 1 atom stereocenters. The molecule has 0 spiro atoms. The molecule has 0 bridgehead atoms. The molecule has 0 aliphatic carbocycles. The zero-order chi connectivity index (χ0) is 30.3. The third-order valence-electron chi connectivity index (χ3n) is 6.65. The minimum Gasteiger partial charge on any atom is -1.00 e. The number of nitrogens with one attached hydrogen (secondary N) is 1. The van der Waals surface area contributed by atoms with Gasteiger partial charge in [-0.05, 0) is 77.9 Å². The predicted molar refractivity (Wildman–Crippen MR) is 157 cm³/mol. The number of ether oxygens (including phenoxy) is 1. The van der Waals surface area contributed by atoms with Crippen LogP contribution in [0.3, 0.4) is 0 Å². The number of carboxylic acid groups (broad SMARTS) is 1. The number of thioether (sulfide) groups is 1. The van der Waals surface area contributed by atoms with Crippen LogP contribution in [0, 0.1) is 6.92 Å². The van der Waals surface area contributed by atoms with Crippen molar-refractivity contribution in [2.24, 2.45) is 0 Å². The topological polar surface area (TPSA) is 88.8 Å². The van der Waals surface area contributed by atoms with Crippen LogP contribution in [0.5, 0.6) is 0 Å². The Hall–Kier alpha value is -3.42.